The lowest BCUT2D eigenvalue weighted by Crippen LogP contribution is -2.23. The van der Waals surface area contributed by atoms with Crippen LogP contribution in [-0.2, 0) is 16.0 Å². The third kappa shape index (κ3) is 3.67. The van der Waals surface area contributed by atoms with E-state index in [0.717, 1.165) is 32.5 Å². The minimum atomic E-state index is 0.244. The van der Waals surface area contributed by atoms with E-state index >= 15 is 0 Å². The van der Waals surface area contributed by atoms with Crippen molar-refractivity contribution in [2.45, 2.75) is 32.6 Å². The summed E-state index contributed by atoms with van der Waals surface area (Å²) >= 11 is 0. The largest absolute Gasteiger partial charge is 0.381 e. The first-order valence-electron chi connectivity index (χ1n) is 6.42. The molecule has 1 fully saturated rings. The second-order valence-electron chi connectivity index (χ2n) is 4.84. The molecule has 1 saturated heterocycles. The zero-order valence-corrected chi connectivity index (χ0v) is 10.4. The number of carbonyl (C=O) groups is 1. The van der Waals surface area contributed by atoms with E-state index in [1.807, 2.05) is 0 Å². The second-order valence-corrected chi connectivity index (χ2v) is 4.84. The summed E-state index contributed by atoms with van der Waals surface area (Å²) in [7, 11) is 0. The zero-order chi connectivity index (χ0) is 12.1. The Bertz CT molecular complexity index is 378. The van der Waals surface area contributed by atoms with Crippen molar-refractivity contribution in [1.82, 2.24) is 0 Å². The average molecular weight is 232 g/mol. The van der Waals surface area contributed by atoms with Gasteiger partial charge in [0.15, 0.2) is 0 Å². The van der Waals surface area contributed by atoms with Crippen LogP contribution in [0.2, 0.25) is 0 Å². The topological polar surface area (TPSA) is 26.3 Å². The predicted octanol–water partition coefficient (Wildman–Crippen LogP) is 2.92. The molecule has 0 amide bonds. The van der Waals surface area contributed by atoms with Gasteiger partial charge in [-0.25, -0.2) is 0 Å². The first-order chi connectivity index (χ1) is 8.25. The molecule has 2 heteroatoms. The fraction of sp³-hybridized carbons (Fsp3) is 0.533. The number of ether oxygens (including phenoxy) is 1. The summed E-state index contributed by atoms with van der Waals surface area (Å²) in [6.45, 7) is 3.59. The molecule has 0 unspecified atom stereocenters. The number of aryl methyl sites for hydroxylation is 2. The molecular formula is C15H20O2. The van der Waals surface area contributed by atoms with Crippen molar-refractivity contribution >= 4 is 5.78 Å². The van der Waals surface area contributed by atoms with Crippen molar-refractivity contribution in [3.63, 3.8) is 0 Å². The van der Waals surface area contributed by atoms with Crippen molar-refractivity contribution in [3.05, 3.63) is 35.4 Å². The van der Waals surface area contributed by atoms with E-state index < -0.39 is 0 Å². The number of hydrogen-bond donors (Lipinski definition) is 0. The normalized spacial score (nSPS) is 17.0. The highest BCUT2D eigenvalue weighted by atomic mass is 16.5. The number of ketones is 1. The molecule has 1 aromatic carbocycles. The van der Waals surface area contributed by atoms with E-state index in [-0.39, 0.29) is 5.92 Å². The number of benzene rings is 1. The maximum atomic E-state index is 12.0. The van der Waals surface area contributed by atoms with E-state index in [4.69, 9.17) is 4.74 Å². The Labute approximate surface area is 103 Å². The van der Waals surface area contributed by atoms with Crippen LogP contribution in [0.15, 0.2) is 24.3 Å². The van der Waals surface area contributed by atoms with Crippen molar-refractivity contribution < 1.29 is 9.53 Å². The maximum Gasteiger partial charge on any atom is 0.136 e. The van der Waals surface area contributed by atoms with E-state index in [2.05, 4.69) is 31.2 Å². The third-order valence-corrected chi connectivity index (χ3v) is 3.42. The first kappa shape index (κ1) is 12.3. The Balaban J connectivity index is 1.83. The SMILES string of the molecule is Cc1cccc(CCC(=O)C2CCOCC2)c1. The van der Waals surface area contributed by atoms with Crippen molar-refractivity contribution in [1.29, 1.82) is 0 Å². The Hall–Kier alpha value is -1.15. The van der Waals surface area contributed by atoms with Crippen LogP contribution in [-0.4, -0.2) is 19.0 Å². The van der Waals surface area contributed by atoms with Gasteiger partial charge < -0.3 is 4.74 Å². The second kappa shape index (κ2) is 5.97. The summed E-state index contributed by atoms with van der Waals surface area (Å²) in [5.74, 6) is 0.656. The summed E-state index contributed by atoms with van der Waals surface area (Å²) in [6, 6.07) is 8.41. The van der Waals surface area contributed by atoms with Gasteiger partial charge in [-0.2, -0.15) is 0 Å². The molecule has 0 radical (unpaired) electrons. The number of rotatable bonds is 4. The summed E-state index contributed by atoms with van der Waals surface area (Å²) in [5, 5.41) is 0. The molecule has 2 nitrogen and oxygen atoms in total. The van der Waals surface area contributed by atoms with Crippen LogP contribution < -0.4 is 0 Å². The van der Waals surface area contributed by atoms with Gasteiger partial charge in [0.2, 0.25) is 0 Å². The molecule has 0 aromatic heterocycles. The molecule has 1 heterocycles. The highest BCUT2D eigenvalue weighted by molar-refractivity contribution is 5.81. The smallest absolute Gasteiger partial charge is 0.136 e. The molecule has 17 heavy (non-hydrogen) atoms. The van der Waals surface area contributed by atoms with Crippen LogP contribution >= 0.6 is 0 Å². The highest BCUT2D eigenvalue weighted by Gasteiger charge is 2.20. The van der Waals surface area contributed by atoms with Gasteiger partial charge in [0.25, 0.3) is 0 Å². The standard InChI is InChI=1S/C15H20O2/c1-12-3-2-4-13(11-12)5-6-15(16)14-7-9-17-10-8-14/h2-4,11,14H,5-10H2,1H3. The number of Topliss-reactive ketones (excluding diaryl/α,β-unsaturated/α-hetero) is 1. The first-order valence-corrected chi connectivity index (χ1v) is 6.42. The Morgan fingerprint density at radius 2 is 2.12 bits per heavy atom. The van der Waals surface area contributed by atoms with Crippen LogP contribution in [0, 0.1) is 12.8 Å². The Morgan fingerprint density at radius 3 is 2.82 bits per heavy atom. The van der Waals surface area contributed by atoms with Crippen LogP contribution in [0.3, 0.4) is 0 Å². The van der Waals surface area contributed by atoms with Crippen LogP contribution in [0.5, 0.6) is 0 Å². The lowest BCUT2D eigenvalue weighted by molar-refractivity contribution is -0.125. The van der Waals surface area contributed by atoms with E-state index in [9.17, 15) is 4.79 Å². The minimum Gasteiger partial charge on any atom is -0.381 e. The molecule has 0 saturated carbocycles. The van der Waals surface area contributed by atoms with Crippen molar-refractivity contribution in [2.24, 2.45) is 5.92 Å². The lowest BCUT2D eigenvalue weighted by atomic mass is 9.91. The van der Waals surface area contributed by atoms with Gasteiger partial charge in [-0.1, -0.05) is 29.8 Å². The maximum absolute atomic E-state index is 12.0. The summed E-state index contributed by atoms with van der Waals surface area (Å²) in [4.78, 5) is 12.0. The van der Waals surface area contributed by atoms with Gasteiger partial charge in [0.1, 0.15) is 5.78 Å². The molecule has 1 aliphatic heterocycles. The summed E-state index contributed by atoms with van der Waals surface area (Å²) in [6.07, 6.45) is 3.37. The quantitative estimate of drug-likeness (QED) is 0.798. The molecular weight excluding hydrogens is 212 g/mol. The lowest BCUT2D eigenvalue weighted by Gasteiger charge is -2.20. The third-order valence-electron chi connectivity index (χ3n) is 3.42. The number of hydrogen-bond acceptors (Lipinski definition) is 2. The monoisotopic (exact) mass is 232 g/mol. The van der Waals surface area contributed by atoms with Gasteiger partial charge in [-0.15, -0.1) is 0 Å². The van der Waals surface area contributed by atoms with Crippen molar-refractivity contribution in [2.75, 3.05) is 13.2 Å². The van der Waals surface area contributed by atoms with Crippen LogP contribution in [0.4, 0.5) is 0 Å². The van der Waals surface area contributed by atoms with Gasteiger partial charge in [0, 0.05) is 25.6 Å². The van der Waals surface area contributed by atoms with Gasteiger partial charge in [-0.3, -0.25) is 4.79 Å². The molecule has 0 aliphatic carbocycles. The zero-order valence-electron chi connectivity index (χ0n) is 10.4. The molecule has 2 rings (SSSR count). The van der Waals surface area contributed by atoms with Gasteiger partial charge in [-0.05, 0) is 31.7 Å². The molecule has 0 atom stereocenters. The van der Waals surface area contributed by atoms with Gasteiger partial charge in [0.05, 0.1) is 0 Å². The van der Waals surface area contributed by atoms with Crippen LogP contribution in [0.1, 0.15) is 30.4 Å². The fourth-order valence-corrected chi connectivity index (χ4v) is 2.36. The van der Waals surface area contributed by atoms with E-state index in [0.29, 0.717) is 12.2 Å². The number of carbonyl (C=O) groups excluding carboxylic acids is 1. The Kier molecular flexibility index (Phi) is 4.32. The van der Waals surface area contributed by atoms with Crippen LogP contribution in [0.25, 0.3) is 0 Å². The fourth-order valence-electron chi connectivity index (χ4n) is 2.36. The highest BCUT2D eigenvalue weighted by Crippen LogP contribution is 2.18. The molecule has 0 bridgehead atoms. The van der Waals surface area contributed by atoms with Gasteiger partial charge >= 0.3 is 0 Å². The van der Waals surface area contributed by atoms with Crippen molar-refractivity contribution in [3.8, 4) is 0 Å². The van der Waals surface area contributed by atoms with E-state index in [1.54, 1.807) is 0 Å². The molecule has 1 aromatic rings. The molecule has 0 N–H and O–H groups in total. The van der Waals surface area contributed by atoms with E-state index in [1.165, 1.54) is 11.1 Å². The molecule has 1 aliphatic rings. The minimum absolute atomic E-state index is 0.244. The molecule has 0 spiro atoms. The summed E-state index contributed by atoms with van der Waals surface area (Å²) < 4.78 is 5.28. The predicted molar refractivity (Wildman–Crippen MR) is 68.1 cm³/mol. The summed E-state index contributed by atoms with van der Waals surface area (Å²) in [5.41, 5.74) is 2.53. The molecule has 92 valence electrons. The Morgan fingerprint density at radius 1 is 1.35 bits per heavy atom. The average Bonchev–Trinajstić information content (AvgIpc) is 2.37.